The number of aryl methyl sites for hydroxylation is 1. The number of anilines is 1. The SMILES string of the molecule is CS(=O)(=O)NC[C@@H](C(=O)N1CCCc2ccncc21)c1ccccc1. The molecule has 0 bridgehead atoms. The van der Waals surface area contributed by atoms with Crippen LogP contribution >= 0.6 is 0 Å². The van der Waals surface area contributed by atoms with E-state index in [-0.39, 0.29) is 12.5 Å². The average Bonchev–Trinajstić information content (AvgIpc) is 2.61. The van der Waals surface area contributed by atoms with Gasteiger partial charge in [0.1, 0.15) is 0 Å². The molecule has 25 heavy (non-hydrogen) atoms. The zero-order valence-electron chi connectivity index (χ0n) is 14.1. The lowest BCUT2D eigenvalue weighted by atomic mass is 9.95. The van der Waals surface area contributed by atoms with Crippen molar-refractivity contribution in [2.24, 2.45) is 0 Å². The van der Waals surface area contributed by atoms with Gasteiger partial charge in [-0.15, -0.1) is 0 Å². The molecule has 0 unspecified atom stereocenters. The van der Waals surface area contributed by atoms with Crippen molar-refractivity contribution in [3.05, 3.63) is 59.9 Å². The van der Waals surface area contributed by atoms with Gasteiger partial charge in [-0.2, -0.15) is 0 Å². The van der Waals surface area contributed by atoms with Crippen molar-refractivity contribution in [1.29, 1.82) is 0 Å². The van der Waals surface area contributed by atoms with Crippen LogP contribution < -0.4 is 9.62 Å². The average molecular weight is 359 g/mol. The second kappa shape index (κ2) is 7.33. The van der Waals surface area contributed by atoms with Crippen molar-refractivity contribution in [2.75, 3.05) is 24.2 Å². The number of fused-ring (bicyclic) bond motifs is 1. The first kappa shape index (κ1) is 17.6. The third-order valence-corrected chi connectivity index (χ3v) is 5.01. The molecule has 1 aliphatic heterocycles. The van der Waals surface area contributed by atoms with E-state index in [9.17, 15) is 13.2 Å². The van der Waals surface area contributed by atoms with Gasteiger partial charge in [-0.1, -0.05) is 30.3 Å². The predicted molar refractivity (Wildman–Crippen MR) is 96.9 cm³/mol. The van der Waals surface area contributed by atoms with Crippen LogP contribution in [-0.4, -0.2) is 38.7 Å². The number of hydrogen-bond donors (Lipinski definition) is 1. The maximum Gasteiger partial charge on any atom is 0.235 e. The summed E-state index contributed by atoms with van der Waals surface area (Å²) in [6.45, 7) is 0.646. The van der Waals surface area contributed by atoms with Gasteiger partial charge in [-0.3, -0.25) is 9.78 Å². The highest BCUT2D eigenvalue weighted by molar-refractivity contribution is 7.88. The van der Waals surface area contributed by atoms with Crippen LogP contribution in [0.3, 0.4) is 0 Å². The summed E-state index contributed by atoms with van der Waals surface area (Å²) in [4.78, 5) is 19.1. The molecule has 0 saturated carbocycles. The fraction of sp³-hybridized carbons (Fsp3) is 0.333. The molecule has 0 aliphatic carbocycles. The molecular formula is C18H21N3O3S. The minimum Gasteiger partial charge on any atom is -0.310 e. The van der Waals surface area contributed by atoms with Crippen molar-refractivity contribution in [2.45, 2.75) is 18.8 Å². The lowest BCUT2D eigenvalue weighted by molar-refractivity contribution is -0.120. The Balaban J connectivity index is 1.92. The van der Waals surface area contributed by atoms with E-state index in [1.165, 1.54) is 0 Å². The molecule has 1 aromatic carbocycles. The molecule has 7 heteroatoms. The monoisotopic (exact) mass is 359 g/mol. The molecule has 6 nitrogen and oxygen atoms in total. The zero-order valence-corrected chi connectivity index (χ0v) is 14.9. The fourth-order valence-electron chi connectivity index (χ4n) is 3.10. The number of nitrogens with zero attached hydrogens (tertiary/aromatic N) is 2. The van der Waals surface area contributed by atoms with Crippen molar-refractivity contribution in [1.82, 2.24) is 9.71 Å². The first-order valence-corrected chi connectivity index (χ1v) is 10.1. The summed E-state index contributed by atoms with van der Waals surface area (Å²) < 4.78 is 25.5. The van der Waals surface area contributed by atoms with Gasteiger partial charge >= 0.3 is 0 Å². The van der Waals surface area contributed by atoms with E-state index in [0.717, 1.165) is 35.9 Å². The van der Waals surface area contributed by atoms with Gasteiger partial charge in [0, 0.05) is 19.3 Å². The molecule has 132 valence electrons. The molecule has 3 rings (SSSR count). The Morgan fingerprint density at radius 1 is 1.28 bits per heavy atom. The predicted octanol–water partition coefficient (Wildman–Crippen LogP) is 1.69. The van der Waals surface area contributed by atoms with Gasteiger partial charge in [0.25, 0.3) is 0 Å². The Hall–Kier alpha value is -2.25. The third-order valence-electron chi connectivity index (χ3n) is 4.32. The van der Waals surface area contributed by atoms with Crippen LogP contribution in [0.2, 0.25) is 0 Å². The molecule has 2 heterocycles. The Kier molecular flexibility index (Phi) is 5.15. The molecule has 1 atom stereocenters. The van der Waals surface area contributed by atoms with Crippen LogP contribution in [0.1, 0.15) is 23.5 Å². The number of pyridine rings is 1. The highest BCUT2D eigenvalue weighted by Crippen LogP contribution is 2.29. The number of aromatic nitrogens is 1. The summed E-state index contributed by atoms with van der Waals surface area (Å²) in [7, 11) is -3.39. The van der Waals surface area contributed by atoms with Gasteiger partial charge in [0.15, 0.2) is 0 Å². The molecule has 2 aromatic rings. The number of benzene rings is 1. The normalized spacial score (nSPS) is 15.5. The molecule has 0 saturated heterocycles. The van der Waals surface area contributed by atoms with E-state index in [1.807, 2.05) is 36.4 Å². The maximum atomic E-state index is 13.2. The second-order valence-electron chi connectivity index (χ2n) is 6.18. The van der Waals surface area contributed by atoms with Gasteiger partial charge in [0.2, 0.25) is 15.9 Å². The van der Waals surface area contributed by atoms with Crippen LogP contribution in [-0.2, 0) is 21.2 Å². The Morgan fingerprint density at radius 3 is 2.76 bits per heavy atom. The van der Waals surface area contributed by atoms with Crippen molar-refractivity contribution < 1.29 is 13.2 Å². The number of sulfonamides is 1. The lowest BCUT2D eigenvalue weighted by Crippen LogP contribution is -2.42. The highest BCUT2D eigenvalue weighted by Gasteiger charge is 2.30. The molecule has 1 aliphatic rings. The van der Waals surface area contributed by atoms with Crippen molar-refractivity contribution in [3.63, 3.8) is 0 Å². The third kappa shape index (κ3) is 4.24. The van der Waals surface area contributed by atoms with Crippen LogP contribution in [0.4, 0.5) is 5.69 Å². The van der Waals surface area contributed by atoms with E-state index >= 15 is 0 Å². The standard InChI is InChI=1S/C18H21N3O3S/c1-25(23,24)20-12-16(14-6-3-2-4-7-14)18(22)21-11-5-8-15-9-10-19-13-17(15)21/h2-4,6-7,9-10,13,16,20H,5,8,11-12H2,1H3/t16-/m1/s1. The number of rotatable bonds is 5. The Bertz CT molecular complexity index is 853. The molecule has 1 amide bonds. The number of carbonyl (C=O) groups is 1. The lowest BCUT2D eigenvalue weighted by Gasteiger charge is -2.32. The molecule has 0 fully saturated rings. The molecule has 1 aromatic heterocycles. The van der Waals surface area contributed by atoms with Gasteiger partial charge in [-0.05, 0) is 30.0 Å². The number of amides is 1. The molecule has 1 N–H and O–H groups in total. The molecule has 0 spiro atoms. The van der Waals surface area contributed by atoms with Gasteiger partial charge < -0.3 is 4.90 Å². The summed E-state index contributed by atoms with van der Waals surface area (Å²) in [5.74, 6) is -0.696. The summed E-state index contributed by atoms with van der Waals surface area (Å²) in [6, 6.07) is 11.2. The first-order valence-electron chi connectivity index (χ1n) is 8.19. The Labute approximate surface area is 147 Å². The smallest absolute Gasteiger partial charge is 0.235 e. The van der Waals surface area contributed by atoms with Crippen LogP contribution in [0.5, 0.6) is 0 Å². The summed E-state index contributed by atoms with van der Waals surface area (Å²) >= 11 is 0. The van der Waals surface area contributed by atoms with Crippen molar-refractivity contribution in [3.8, 4) is 0 Å². The highest BCUT2D eigenvalue weighted by atomic mass is 32.2. The second-order valence-corrected chi connectivity index (χ2v) is 8.01. The maximum absolute atomic E-state index is 13.2. The van der Waals surface area contributed by atoms with E-state index in [4.69, 9.17) is 0 Å². The number of hydrogen-bond acceptors (Lipinski definition) is 4. The van der Waals surface area contributed by atoms with E-state index < -0.39 is 15.9 Å². The minimum absolute atomic E-state index is 0.0355. The number of nitrogens with one attached hydrogen (secondary N) is 1. The van der Waals surface area contributed by atoms with E-state index in [2.05, 4.69) is 9.71 Å². The fourth-order valence-corrected chi connectivity index (χ4v) is 3.57. The van der Waals surface area contributed by atoms with Crippen LogP contribution in [0.15, 0.2) is 48.8 Å². The van der Waals surface area contributed by atoms with Gasteiger partial charge in [-0.25, -0.2) is 13.1 Å². The van der Waals surface area contributed by atoms with E-state index in [1.54, 1.807) is 17.3 Å². The summed E-state index contributed by atoms with van der Waals surface area (Å²) in [6.07, 6.45) is 6.33. The first-order chi connectivity index (χ1) is 12.0. The summed E-state index contributed by atoms with van der Waals surface area (Å²) in [5, 5.41) is 0. The molecular weight excluding hydrogens is 338 g/mol. The summed E-state index contributed by atoms with van der Waals surface area (Å²) in [5.41, 5.74) is 2.70. The largest absolute Gasteiger partial charge is 0.310 e. The Morgan fingerprint density at radius 2 is 2.04 bits per heavy atom. The quantitative estimate of drug-likeness (QED) is 0.881. The van der Waals surface area contributed by atoms with Crippen LogP contribution in [0, 0.1) is 0 Å². The van der Waals surface area contributed by atoms with E-state index in [0.29, 0.717) is 6.54 Å². The zero-order chi connectivity index (χ0) is 17.9. The van der Waals surface area contributed by atoms with Crippen molar-refractivity contribution >= 4 is 21.6 Å². The van der Waals surface area contributed by atoms with Crippen LogP contribution in [0.25, 0.3) is 0 Å². The van der Waals surface area contributed by atoms with Gasteiger partial charge in [0.05, 0.1) is 24.1 Å². The number of carbonyl (C=O) groups excluding carboxylic acids is 1. The minimum atomic E-state index is -3.39. The molecule has 0 radical (unpaired) electrons. The topological polar surface area (TPSA) is 79.4 Å².